The van der Waals surface area contributed by atoms with Gasteiger partial charge >= 0.3 is 0 Å². The van der Waals surface area contributed by atoms with Crippen LogP contribution in [0.1, 0.15) is 29.5 Å². The lowest BCUT2D eigenvalue weighted by Crippen LogP contribution is -2.46. The van der Waals surface area contributed by atoms with Crippen LogP contribution >= 0.6 is 0 Å². The second-order valence-electron chi connectivity index (χ2n) is 12.4. The summed E-state index contributed by atoms with van der Waals surface area (Å²) in [6, 6.07) is 48.8. The molecule has 0 N–H and O–H groups in total. The average Bonchev–Trinajstić information content (AvgIpc) is 3.12. The third kappa shape index (κ3) is 4.80. The molecule has 3 atom stereocenters. The Bertz CT molecular complexity index is 1870. The quantitative estimate of drug-likeness (QED) is 0.193. The normalized spacial score (nSPS) is 21.5. The zero-order valence-corrected chi connectivity index (χ0v) is 25.5. The molecule has 45 heavy (non-hydrogen) atoms. The number of benzene rings is 5. The van der Waals surface area contributed by atoms with Crippen molar-refractivity contribution in [2.45, 2.75) is 24.7 Å². The molecule has 0 aromatic heterocycles. The molecular formula is C44H37N. The molecule has 0 saturated heterocycles. The van der Waals surface area contributed by atoms with Gasteiger partial charge in [0.2, 0.25) is 0 Å². The zero-order valence-electron chi connectivity index (χ0n) is 25.5. The van der Waals surface area contributed by atoms with E-state index in [1.807, 2.05) is 0 Å². The van der Waals surface area contributed by atoms with E-state index in [1.165, 1.54) is 33.4 Å². The van der Waals surface area contributed by atoms with Crippen LogP contribution in [0.2, 0.25) is 0 Å². The minimum absolute atomic E-state index is 0.216. The zero-order chi connectivity index (χ0) is 30.1. The molecule has 0 saturated carbocycles. The Kier molecular flexibility index (Phi) is 7.16. The fourth-order valence-corrected chi connectivity index (χ4v) is 7.95. The molecule has 3 aliphatic rings. The molecule has 0 fully saturated rings. The molecule has 0 spiro atoms. The van der Waals surface area contributed by atoms with Crippen LogP contribution in [0.15, 0.2) is 182 Å². The van der Waals surface area contributed by atoms with Crippen LogP contribution in [0.4, 0.5) is 17.1 Å². The molecule has 0 bridgehead atoms. The van der Waals surface area contributed by atoms with E-state index in [4.69, 9.17) is 0 Å². The Morgan fingerprint density at radius 1 is 0.578 bits per heavy atom. The Labute approximate surface area is 267 Å². The molecule has 3 aliphatic carbocycles. The highest BCUT2D eigenvalue weighted by atomic mass is 15.1. The van der Waals surface area contributed by atoms with Crippen molar-refractivity contribution in [3.63, 3.8) is 0 Å². The maximum atomic E-state index is 2.50. The van der Waals surface area contributed by atoms with E-state index in [2.05, 4.69) is 181 Å². The Balaban J connectivity index is 1.23. The number of anilines is 3. The van der Waals surface area contributed by atoms with Gasteiger partial charge in [-0.1, -0.05) is 140 Å². The first-order valence-electron chi connectivity index (χ1n) is 16.2. The summed E-state index contributed by atoms with van der Waals surface area (Å²) in [5.74, 6) is 0.820. The topological polar surface area (TPSA) is 3.24 Å². The summed E-state index contributed by atoms with van der Waals surface area (Å²) < 4.78 is 0. The van der Waals surface area contributed by atoms with E-state index >= 15 is 0 Å². The maximum absolute atomic E-state index is 2.50. The van der Waals surface area contributed by atoms with Crippen molar-refractivity contribution in [2.75, 3.05) is 4.90 Å². The molecule has 8 rings (SSSR count). The second-order valence-corrected chi connectivity index (χ2v) is 12.4. The van der Waals surface area contributed by atoms with Crippen molar-refractivity contribution in [3.8, 4) is 11.1 Å². The van der Waals surface area contributed by atoms with E-state index in [0.29, 0.717) is 11.8 Å². The predicted octanol–water partition coefficient (Wildman–Crippen LogP) is 11.3. The maximum Gasteiger partial charge on any atom is 0.0519 e. The lowest BCUT2D eigenvalue weighted by atomic mass is 9.52. The molecule has 0 radical (unpaired) electrons. The van der Waals surface area contributed by atoms with E-state index in [-0.39, 0.29) is 5.41 Å². The fourth-order valence-electron chi connectivity index (χ4n) is 7.95. The van der Waals surface area contributed by atoms with Gasteiger partial charge < -0.3 is 4.90 Å². The number of allylic oxidation sites excluding steroid dienone is 8. The van der Waals surface area contributed by atoms with Gasteiger partial charge in [0.15, 0.2) is 0 Å². The molecular weight excluding hydrogens is 542 g/mol. The minimum Gasteiger partial charge on any atom is -0.311 e. The van der Waals surface area contributed by atoms with E-state index in [1.54, 1.807) is 0 Å². The lowest BCUT2D eigenvalue weighted by molar-refractivity contribution is 0.319. The van der Waals surface area contributed by atoms with Crippen molar-refractivity contribution in [2.24, 2.45) is 11.8 Å². The van der Waals surface area contributed by atoms with Gasteiger partial charge in [-0.25, -0.2) is 0 Å². The van der Waals surface area contributed by atoms with Crippen molar-refractivity contribution >= 4 is 17.1 Å². The smallest absolute Gasteiger partial charge is 0.0519 e. The summed E-state index contributed by atoms with van der Waals surface area (Å²) in [7, 11) is 0. The predicted molar refractivity (Wildman–Crippen MR) is 189 cm³/mol. The Morgan fingerprint density at radius 2 is 1.20 bits per heavy atom. The van der Waals surface area contributed by atoms with E-state index in [0.717, 1.165) is 36.3 Å². The highest BCUT2D eigenvalue weighted by Gasteiger charge is 2.50. The molecule has 5 aromatic carbocycles. The van der Waals surface area contributed by atoms with Crippen LogP contribution in [-0.2, 0) is 11.8 Å². The van der Waals surface area contributed by atoms with E-state index in [9.17, 15) is 0 Å². The largest absolute Gasteiger partial charge is 0.311 e. The van der Waals surface area contributed by atoms with Crippen LogP contribution in [-0.4, -0.2) is 0 Å². The second kappa shape index (κ2) is 11.7. The van der Waals surface area contributed by atoms with Gasteiger partial charge in [0.05, 0.1) is 5.41 Å². The third-order valence-electron chi connectivity index (χ3n) is 9.90. The highest BCUT2D eigenvalue weighted by Crippen LogP contribution is 2.56. The first-order valence-corrected chi connectivity index (χ1v) is 16.2. The summed E-state index contributed by atoms with van der Waals surface area (Å²) in [4.78, 5) is 2.32. The first-order chi connectivity index (χ1) is 22.3. The highest BCUT2D eigenvalue weighted by molar-refractivity contribution is 5.78. The molecule has 218 valence electrons. The number of hydrogen-bond acceptors (Lipinski definition) is 1. The van der Waals surface area contributed by atoms with Gasteiger partial charge in [-0.05, 0) is 95.0 Å². The van der Waals surface area contributed by atoms with Crippen molar-refractivity contribution in [3.05, 3.63) is 198 Å². The van der Waals surface area contributed by atoms with Crippen LogP contribution in [0, 0.1) is 11.8 Å². The molecule has 1 heteroatoms. The standard InChI is InChI=1S/C44H37N/c1-5-16-37(17-6-1)44(38-18-7-2-8-19-38)42-24-14-13-15-35(42)32-36-31-34(27-30-43(36)44)33-25-28-41(29-26-33)45(39-20-9-3-10-21-39)40-22-11-4-12-23-40/h1,3-7,9-31,35,42H,2,8,32H2. The number of hydrogen-bond donors (Lipinski definition) is 0. The van der Waals surface area contributed by atoms with Crippen LogP contribution in [0.25, 0.3) is 11.1 Å². The van der Waals surface area contributed by atoms with Crippen molar-refractivity contribution in [1.82, 2.24) is 0 Å². The molecule has 0 aliphatic heterocycles. The number of nitrogens with zero attached hydrogens (tertiary/aromatic N) is 1. The summed E-state index contributed by atoms with van der Waals surface area (Å²) in [5.41, 5.74) is 11.5. The lowest BCUT2D eigenvalue weighted by Gasteiger charge is -2.50. The molecule has 5 aromatic rings. The van der Waals surface area contributed by atoms with Gasteiger partial charge in [-0.15, -0.1) is 0 Å². The number of fused-ring (bicyclic) bond motifs is 2. The van der Waals surface area contributed by atoms with Gasteiger partial charge in [-0.3, -0.25) is 0 Å². The van der Waals surface area contributed by atoms with Crippen LogP contribution in [0.5, 0.6) is 0 Å². The Hall–Kier alpha value is -5.14. The molecule has 1 nitrogen and oxygen atoms in total. The van der Waals surface area contributed by atoms with Crippen molar-refractivity contribution < 1.29 is 0 Å². The van der Waals surface area contributed by atoms with Gasteiger partial charge in [0, 0.05) is 23.0 Å². The molecule has 0 heterocycles. The van der Waals surface area contributed by atoms with Crippen LogP contribution < -0.4 is 4.90 Å². The molecule has 3 unspecified atom stereocenters. The summed E-state index contributed by atoms with van der Waals surface area (Å²) >= 11 is 0. The van der Waals surface area contributed by atoms with Gasteiger partial charge in [0.1, 0.15) is 0 Å². The third-order valence-corrected chi connectivity index (χ3v) is 9.90. The number of rotatable bonds is 6. The minimum atomic E-state index is -0.216. The number of para-hydroxylation sites is 2. The van der Waals surface area contributed by atoms with Crippen LogP contribution in [0.3, 0.4) is 0 Å². The summed E-state index contributed by atoms with van der Waals surface area (Å²) in [6.45, 7) is 0. The van der Waals surface area contributed by atoms with Gasteiger partial charge in [0.25, 0.3) is 0 Å². The Morgan fingerprint density at radius 3 is 1.87 bits per heavy atom. The SMILES string of the molecule is C1=CC2Cc3cc(-c4ccc(N(c5ccccc5)c5ccccc5)cc4)ccc3C(C3=CCCC=C3)(c3ccccc3)C2C=C1. The van der Waals surface area contributed by atoms with E-state index < -0.39 is 0 Å². The molecule has 0 amide bonds. The fraction of sp³-hybridized carbons (Fsp3) is 0.136. The monoisotopic (exact) mass is 579 g/mol. The summed E-state index contributed by atoms with van der Waals surface area (Å²) in [5, 5.41) is 0. The first kappa shape index (κ1) is 27.4. The average molecular weight is 580 g/mol. The van der Waals surface area contributed by atoms with Crippen molar-refractivity contribution in [1.29, 1.82) is 0 Å². The summed E-state index contributed by atoms with van der Waals surface area (Å²) in [6.07, 6.45) is 20.0. The van der Waals surface area contributed by atoms with Gasteiger partial charge in [-0.2, -0.15) is 0 Å².